The predicted octanol–water partition coefficient (Wildman–Crippen LogP) is 6.71. The summed E-state index contributed by atoms with van der Waals surface area (Å²) in [5.74, 6) is 1.78. The molecule has 1 heterocycles. The van der Waals surface area contributed by atoms with Crippen LogP contribution in [0.5, 0.6) is 11.6 Å². The van der Waals surface area contributed by atoms with Gasteiger partial charge in [0.05, 0.1) is 5.69 Å². The Morgan fingerprint density at radius 3 is 2.38 bits per heavy atom. The van der Waals surface area contributed by atoms with Crippen molar-refractivity contribution in [1.29, 1.82) is 0 Å². The Labute approximate surface area is 180 Å². The monoisotopic (exact) mass is 426 g/mol. The van der Waals surface area contributed by atoms with Gasteiger partial charge in [-0.25, -0.2) is 4.98 Å². The van der Waals surface area contributed by atoms with Crippen molar-refractivity contribution in [3.05, 3.63) is 76.4 Å². The number of thioether (sulfide) groups is 1. The molecule has 0 aliphatic carbocycles. The number of rotatable bonds is 6. The van der Waals surface area contributed by atoms with E-state index in [9.17, 15) is 4.79 Å². The summed E-state index contributed by atoms with van der Waals surface area (Å²) in [6, 6.07) is 16.6. The molecule has 0 amide bonds. The zero-order valence-electron chi connectivity index (χ0n) is 16.9. The lowest BCUT2D eigenvalue weighted by molar-refractivity contribution is 0.101. The first-order valence-electron chi connectivity index (χ1n) is 9.27. The summed E-state index contributed by atoms with van der Waals surface area (Å²) < 4.78 is 5.96. The molecule has 0 saturated carbocycles. The molecule has 150 valence electrons. The molecule has 6 heteroatoms. The Morgan fingerprint density at radius 1 is 1.07 bits per heavy atom. The molecule has 4 nitrogen and oxygen atoms in total. The van der Waals surface area contributed by atoms with Gasteiger partial charge in [0.25, 0.3) is 0 Å². The molecule has 0 N–H and O–H groups in total. The molecule has 0 aliphatic heterocycles. The van der Waals surface area contributed by atoms with Crippen molar-refractivity contribution in [1.82, 2.24) is 9.97 Å². The van der Waals surface area contributed by atoms with E-state index in [0.29, 0.717) is 28.1 Å². The molecule has 0 atom stereocenters. The first kappa shape index (κ1) is 21.3. The molecule has 3 aromatic rings. The van der Waals surface area contributed by atoms with E-state index in [0.717, 1.165) is 16.3 Å². The Morgan fingerprint density at radius 2 is 1.76 bits per heavy atom. The van der Waals surface area contributed by atoms with Crippen molar-refractivity contribution in [2.75, 3.05) is 0 Å². The predicted molar refractivity (Wildman–Crippen MR) is 118 cm³/mol. The highest BCUT2D eigenvalue weighted by Crippen LogP contribution is 2.31. The van der Waals surface area contributed by atoms with Crippen LogP contribution >= 0.6 is 23.4 Å². The highest BCUT2D eigenvalue weighted by molar-refractivity contribution is 7.98. The van der Waals surface area contributed by atoms with Crippen molar-refractivity contribution >= 4 is 29.1 Å². The molecular formula is C23H23ClN2O2S. The third-order valence-electron chi connectivity index (χ3n) is 4.25. The second kappa shape index (κ2) is 8.97. The summed E-state index contributed by atoms with van der Waals surface area (Å²) in [6.07, 6.45) is 0. The van der Waals surface area contributed by atoms with Gasteiger partial charge in [-0.05, 0) is 42.8 Å². The van der Waals surface area contributed by atoms with Gasteiger partial charge in [0, 0.05) is 27.8 Å². The van der Waals surface area contributed by atoms with E-state index in [2.05, 4.69) is 25.8 Å². The Hall–Kier alpha value is -2.37. The van der Waals surface area contributed by atoms with E-state index in [4.69, 9.17) is 21.3 Å². The van der Waals surface area contributed by atoms with E-state index in [1.54, 1.807) is 31.2 Å². The van der Waals surface area contributed by atoms with Gasteiger partial charge in [0.2, 0.25) is 5.88 Å². The third kappa shape index (κ3) is 5.81. The van der Waals surface area contributed by atoms with Gasteiger partial charge in [-0.15, -0.1) is 0 Å². The largest absolute Gasteiger partial charge is 0.439 e. The number of carbonyl (C=O) groups excluding carboxylic acids is 1. The molecule has 2 aromatic carbocycles. The first-order chi connectivity index (χ1) is 13.7. The maximum atomic E-state index is 11.5. The second-order valence-corrected chi connectivity index (χ2v) is 9.04. The van der Waals surface area contributed by atoms with Gasteiger partial charge in [-0.2, -0.15) is 4.98 Å². The van der Waals surface area contributed by atoms with Gasteiger partial charge >= 0.3 is 0 Å². The highest BCUT2D eigenvalue weighted by Gasteiger charge is 2.19. The van der Waals surface area contributed by atoms with Gasteiger partial charge < -0.3 is 4.74 Å². The number of hydrogen-bond acceptors (Lipinski definition) is 5. The van der Waals surface area contributed by atoms with Crippen molar-refractivity contribution in [2.24, 2.45) is 0 Å². The molecule has 0 fully saturated rings. The van der Waals surface area contributed by atoms with Crippen LogP contribution in [0.4, 0.5) is 0 Å². The maximum Gasteiger partial charge on any atom is 0.223 e. The lowest BCUT2D eigenvalue weighted by Gasteiger charge is -2.19. The number of benzene rings is 2. The van der Waals surface area contributed by atoms with Crippen LogP contribution < -0.4 is 4.74 Å². The molecule has 0 unspecified atom stereocenters. The average Bonchev–Trinajstić information content (AvgIpc) is 2.67. The number of hydrogen-bond donors (Lipinski definition) is 0. The van der Waals surface area contributed by atoms with Crippen LogP contribution in [0, 0.1) is 0 Å². The summed E-state index contributed by atoms with van der Waals surface area (Å²) in [5, 5.41) is 1.36. The van der Waals surface area contributed by atoms with Crippen LogP contribution in [0.25, 0.3) is 0 Å². The van der Waals surface area contributed by atoms with E-state index in [1.807, 2.05) is 30.3 Å². The normalized spacial score (nSPS) is 11.3. The summed E-state index contributed by atoms with van der Waals surface area (Å²) >= 11 is 7.78. The molecule has 0 bridgehead atoms. The lowest BCUT2D eigenvalue weighted by atomic mass is 9.92. The van der Waals surface area contributed by atoms with Crippen LogP contribution in [-0.2, 0) is 11.2 Å². The SMILES string of the molecule is CC(=O)c1ccc(Oc2cc(C(C)(C)C)nc(SCc3ccccc3Cl)n2)cc1. The van der Waals surface area contributed by atoms with Gasteiger partial charge in [0.15, 0.2) is 10.9 Å². The minimum Gasteiger partial charge on any atom is -0.439 e. The highest BCUT2D eigenvalue weighted by atomic mass is 35.5. The van der Waals surface area contributed by atoms with Crippen LogP contribution in [0.3, 0.4) is 0 Å². The minimum atomic E-state index is -0.154. The van der Waals surface area contributed by atoms with Crippen LogP contribution in [0.15, 0.2) is 59.8 Å². The van der Waals surface area contributed by atoms with E-state index in [1.165, 1.54) is 11.8 Å². The molecule has 1 aromatic heterocycles. The number of halogens is 1. The number of Topliss-reactive ketones (excluding diaryl/α,β-unsaturated/α-hetero) is 1. The summed E-state index contributed by atoms with van der Waals surface area (Å²) in [4.78, 5) is 20.7. The molecule has 0 aliphatic rings. The molecule has 0 spiro atoms. The Balaban J connectivity index is 1.85. The number of ketones is 1. The molecule has 0 radical (unpaired) electrons. The lowest BCUT2D eigenvalue weighted by Crippen LogP contribution is -2.14. The quantitative estimate of drug-likeness (QED) is 0.249. The first-order valence-corrected chi connectivity index (χ1v) is 10.6. The van der Waals surface area contributed by atoms with E-state index in [-0.39, 0.29) is 11.2 Å². The van der Waals surface area contributed by atoms with Gasteiger partial charge in [-0.3, -0.25) is 4.79 Å². The summed E-state index contributed by atoms with van der Waals surface area (Å²) in [5.41, 5.74) is 2.42. The maximum absolute atomic E-state index is 11.5. The number of aromatic nitrogens is 2. The topological polar surface area (TPSA) is 52.1 Å². The fraction of sp³-hybridized carbons (Fsp3) is 0.261. The van der Waals surface area contributed by atoms with Crippen LogP contribution in [0.2, 0.25) is 5.02 Å². The zero-order valence-corrected chi connectivity index (χ0v) is 18.5. The fourth-order valence-electron chi connectivity index (χ4n) is 2.54. The molecule has 0 saturated heterocycles. The van der Waals surface area contributed by atoms with E-state index < -0.39 is 0 Å². The molecular weight excluding hydrogens is 404 g/mol. The fourth-order valence-corrected chi connectivity index (χ4v) is 3.68. The van der Waals surface area contributed by atoms with Crippen molar-refractivity contribution in [3.63, 3.8) is 0 Å². The van der Waals surface area contributed by atoms with E-state index >= 15 is 0 Å². The number of carbonyl (C=O) groups is 1. The van der Waals surface area contributed by atoms with Crippen molar-refractivity contribution in [3.8, 4) is 11.6 Å². The summed E-state index contributed by atoms with van der Waals surface area (Å²) in [7, 11) is 0. The second-order valence-electron chi connectivity index (χ2n) is 7.69. The summed E-state index contributed by atoms with van der Waals surface area (Å²) in [6.45, 7) is 7.84. The van der Waals surface area contributed by atoms with Crippen molar-refractivity contribution < 1.29 is 9.53 Å². The van der Waals surface area contributed by atoms with Crippen molar-refractivity contribution in [2.45, 2.75) is 44.0 Å². The Bertz CT molecular complexity index is 1010. The molecule has 29 heavy (non-hydrogen) atoms. The third-order valence-corrected chi connectivity index (χ3v) is 5.51. The van der Waals surface area contributed by atoms with Crippen LogP contribution in [-0.4, -0.2) is 15.8 Å². The zero-order chi connectivity index (χ0) is 21.0. The van der Waals surface area contributed by atoms with Gasteiger partial charge in [0.1, 0.15) is 5.75 Å². The standard InChI is InChI=1S/C23H23ClN2O2S/c1-15(27)16-9-11-18(12-10-16)28-21-13-20(23(2,3)4)25-22(26-21)29-14-17-7-5-6-8-19(17)24/h5-13H,14H2,1-4H3. The van der Waals surface area contributed by atoms with Crippen LogP contribution in [0.1, 0.15) is 49.3 Å². The molecule has 3 rings (SSSR count). The smallest absolute Gasteiger partial charge is 0.223 e. The minimum absolute atomic E-state index is 0.0202. The van der Waals surface area contributed by atoms with Gasteiger partial charge in [-0.1, -0.05) is 62.3 Å². The number of nitrogens with zero attached hydrogens (tertiary/aromatic N) is 2. The Kier molecular flexibility index (Phi) is 6.60. The number of ether oxygens (including phenoxy) is 1. The average molecular weight is 427 g/mol.